The third-order valence-corrected chi connectivity index (χ3v) is 6.93. The highest BCUT2D eigenvalue weighted by Crippen LogP contribution is 2.37. The van der Waals surface area contributed by atoms with Crippen molar-refractivity contribution in [3.8, 4) is 11.4 Å². The van der Waals surface area contributed by atoms with E-state index in [9.17, 15) is 4.79 Å². The van der Waals surface area contributed by atoms with Gasteiger partial charge >= 0.3 is 0 Å². The molecule has 2 bridgehead atoms. The Hall–Kier alpha value is -2.86. The van der Waals surface area contributed by atoms with Crippen LogP contribution >= 0.6 is 0 Å². The average Bonchev–Trinajstić information content (AvgIpc) is 3.16. The molecule has 0 radical (unpaired) electrons. The van der Waals surface area contributed by atoms with E-state index in [1.807, 2.05) is 41.1 Å². The van der Waals surface area contributed by atoms with Crippen LogP contribution in [0.1, 0.15) is 28.9 Å². The SMILES string of the molecule is COc1ccc(-n2nc3c4c(cccc42)C(=O)N([C@H]2CN4CCC2CC4)C3)cc1. The van der Waals surface area contributed by atoms with Crippen molar-refractivity contribution < 1.29 is 9.53 Å². The van der Waals surface area contributed by atoms with E-state index in [4.69, 9.17) is 9.84 Å². The van der Waals surface area contributed by atoms with Gasteiger partial charge in [-0.3, -0.25) is 4.79 Å². The summed E-state index contributed by atoms with van der Waals surface area (Å²) in [7, 11) is 1.67. The van der Waals surface area contributed by atoms with Gasteiger partial charge in [0.15, 0.2) is 0 Å². The fraction of sp³-hybridized carbons (Fsp3) is 0.391. The minimum Gasteiger partial charge on any atom is -0.497 e. The number of nitrogens with zero attached hydrogens (tertiary/aromatic N) is 4. The predicted molar refractivity (Wildman–Crippen MR) is 110 cm³/mol. The Kier molecular flexibility index (Phi) is 3.71. The van der Waals surface area contributed by atoms with Gasteiger partial charge in [0.2, 0.25) is 0 Å². The number of hydrogen-bond donors (Lipinski definition) is 0. The van der Waals surface area contributed by atoms with E-state index in [0.717, 1.165) is 40.1 Å². The summed E-state index contributed by atoms with van der Waals surface area (Å²) in [5, 5.41) is 5.96. The lowest BCUT2D eigenvalue weighted by molar-refractivity contribution is 0.00364. The molecule has 3 aromatic rings. The Labute approximate surface area is 169 Å². The van der Waals surface area contributed by atoms with E-state index >= 15 is 0 Å². The van der Waals surface area contributed by atoms with Crippen LogP contribution in [0.4, 0.5) is 0 Å². The number of carbonyl (C=O) groups is 1. The zero-order valence-corrected chi connectivity index (χ0v) is 16.5. The molecule has 29 heavy (non-hydrogen) atoms. The van der Waals surface area contributed by atoms with Gasteiger partial charge in [0.05, 0.1) is 36.1 Å². The van der Waals surface area contributed by atoms with Crippen LogP contribution in [0.3, 0.4) is 0 Å². The van der Waals surface area contributed by atoms with Crippen LogP contribution in [0, 0.1) is 5.92 Å². The van der Waals surface area contributed by atoms with Crippen molar-refractivity contribution in [2.75, 3.05) is 26.7 Å². The molecule has 1 amide bonds. The lowest BCUT2D eigenvalue weighted by atomic mass is 9.82. The van der Waals surface area contributed by atoms with Gasteiger partial charge in [-0.25, -0.2) is 4.68 Å². The molecule has 6 nitrogen and oxygen atoms in total. The van der Waals surface area contributed by atoms with Gasteiger partial charge in [0.25, 0.3) is 5.91 Å². The largest absolute Gasteiger partial charge is 0.497 e. The zero-order valence-electron chi connectivity index (χ0n) is 16.5. The summed E-state index contributed by atoms with van der Waals surface area (Å²) < 4.78 is 7.24. The summed E-state index contributed by atoms with van der Waals surface area (Å²) in [6, 6.07) is 14.2. The molecule has 0 aliphatic carbocycles. The molecule has 0 spiro atoms. The molecule has 1 atom stereocenters. The van der Waals surface area contributed by atoms with Crippen LogP contribution in [0.2, 0.25) is 0 Å². The van der Waals surface area contributed by atoms with E-state index in [2.05, 4.69) is 15.9 Å². The number of rotatable bonds is 3. The van der Waals surface area contributed by atoms with Crippen molar-refractivity contribution in [2.45, 2.75) is 25.4 Å². The van der Waals surface area contributed by atoms with Crippen LogP contribution in [-0.4, -0.2) is 58.3 Å². The third-order valence-electron chi connectivity index (χ3n) is 6.93. The first kappa shape index (κ1) is 17.0. The third kappa shape index (κ3) is 2.52. The fourth-order valence-corrected chi connectivity index (χ4v) is 5.40. The lowest BCUT2D eigenvalue weighted by Gasteiger charge is -2.49. The second-order valence-electron chi connectivity index (χ2n) is 8.39. The average molecular weight is 388 g/mol. The van der Waals surface area contributed by atoms with Gasteiger partial charge < -0.3 is 14.5 Å². The molecule has 5 heterocycles. The minimum atomic E-state index is 0.163. The first-order valence-electron chi connectivity index (χ1n) is 10.4. The number of methoxy groups -OCH3 is 1. The summed E-state index contributed by atoms with van der Waals surface area (Å²) >= 11 is 0. The Balaban J connectivity index is 1.43. The maximum Gasteiger partial charge on any atom is 0.255 e. The van der Waals surface area contributed by atoms with E-state index in [-0.39, 0.29) is 5.91 Å². The van der Waals surface area contributed by atoms with Crippen molar-refractivity contribution in [3.63, 3.8) is 0 Å². The van der Waals surface area contributed by atoms with Crippen molar-refractivity contribution in [2.24, 2.45) is 5.92 Å². The summed E-state index contributed by atoms with van der Waals surface area (Å²) in [4.78, 5) is 18.1. The molecule has 3 saturated heterocycles. The van der Waals surface area contributed by atoms with Crippen LogP contribution in [0.15, 0.2) is 42.5 Å². The quantitative estimate of drug-likeness (QED) is 0.692. The van der Waals surface area contributed by atoms with Gasteiger partial charge in [0.1, 0.15) is 5.75 Å². The molecular weight excluding hydrogens is 364 g/mol. The molecule has 2 aromatic carbocycles. The molecule has 1 aromatic heterocycles. The highest BCUT2D eigenvalue weighted by atomic mass is 16.5. The smallest absolute Gasteiger partial charge is 0.255 e. The van der Waals surface area contributed by atoms with Gasteiger partial charge in [-0.1, -0.05) is 6.07 Å². The molecule has 3 fully saturated rings. The first-order chi connectivity index (χ1) is 14.2. The van der Waals surface area contributed by atoms with Crippen molar-refractivity contribution >= 4 is 16.8 Å². The van der Waals surface area contributed by atoms with E-state index in [0.29, 0.717) is 18.5 Å². The highest BCUT2D eigenvalue weighted by Gasteiger charge is 2.42. The Morgan fingerprint density at radius 2 is 1.86 bits per heavy atom. The number of aromatic nitrogens is 2. The normalized spacial score (nSPS) is 25.6. The number of hydrogen-bond acceptors (Lipinski definition) is 4. The van der Waals surface area contributed by atoms with Gasteiger partial charge in [0, 0.05) is 18.0 Å². The Morgan fingerprint density at radius 3 is 2.55 bits per heavy atom. The first-order valence-corrected chi connectivity index (χ1v) is 10.4. The number of amides is 1. The van der Waals surface area contributed by atoms with E-state index in [1.165, 1.54) is 25.9 Å². The molecule has 0 unspecified atom stereocenters. The lowest BCUT2D eigenvalue weighted by Crippen LogP contribution is -2.59. The molecule has 6 heteroatoms. The van der Waals surface area contributed by atoms with E-state index in [1.54, 1.807) is 7.11 Å². The summed E-state index contributed by atoms with van der Waals surface area (Å²) in [5.41, 5.74) is 3.76. The predicted octanol–water partition coefficient (Wildman–Crippen LogP) is 3.08. The maximum atomic E-state index is 13.5. The standard InChI is InChI=1S/C23H24N4O2/c1-29-17-7-5-16(6-8-17)27-20-4-2-3-18-22(20)19(24-27)13-26(23(18)28)21-14-25-11-9-15(21)10-12-25/h2-8,15,21H,9-14H2,1H3/t21-/m0/s1. The molecule has 4 aliphatic heterocycles. The summed E-state index contributed by atoms with van der Waals surface area (Å²) in [6.07, 6.45) is 2.40. The van der Waals surface area contributed by atoms with Crippen LogP contribution in [-0.2, 0) is 6.54 Å². The molecular formula is C23H24N4O2. The number of piperidine rings is 3. The number of fused-ring (bicyclic) bond motifs is 3. The Bertz CT molecular complexity index is 1100. The minimum absolute atomic E-state index is 0.163. The Morgan fingerprint density at radius 1 is 1.07 bits per heavy atom. The second kappa shape index (κ2) is 6.32. The van der Waals surface area contributed by atoms with E-state index < -0.39 is 0 Å². The van der Waals surface area contributed by atoms with Crippen molar-refractivity contribution in [3.05, 3.63) is 53.7 Å². The zero-order chi connectivity index (χ0) is 19.5. The van der Waals surface area contributed by atoms with Crippen LogP contribution < -0.4 is 4.74 Å². The monoisotopic (exact) mass is 388 g/mol. The van der Waals surface area contributed by atoms with Crippen LogP contribution in [0.5, 0.6) is 5.75 Å². The van der Waals surface area contributed by atoms with Gasteiger partial charge in [-0.05, 0) is 68.2 Å². The molecule has 148 valence electrons. The fourth-order valence-electron chi connectivity index (χ4n) is 5.40. The van der Waals surface area contributed by atoms with Crippen molar-refractivity contribution in [1.29, 1.82) is 0 Å². The molecule has 0 saturated carbocycles. The highest BCUT2D eigenvalue weighted by molar-refractivity contribution is 6.09. The summed E-state index contributed by atoms with van der Waals surface area (Å²) in [5.74, 6) is 1.60. The number of benzene rings is 2. The van der Waals surface area contributed by atoms with Crippen LogP contribution in [0.25, 0.3) is 16.6 Å². The summed E-state index contributed by atoms with van der Waals surface area (Å²) in [6.45, 7) is 3.96. The molecule has 0 N–H and O–H groups in total. The van der Waals surface area contributed by atoms with Gasteiger partial charge in [-0.15, -0.1) is 0 Å². The maximum absolute atomic E-state index is 13.5. The topological polar surface area (TPSA) is 50.6 Å². The number of carbonyl (C=O) groups excluding carboxylic acids is 1. The van der Waals surface area contributed by atoms with Crippen molar-refractivity contribution in [1.82, 2.24) is 19.6 Å². The number of ether oxygens (including phenoxy) is 1. The van der Waals surface area contributed by atoms with Gasteiger partial charge in [-0.2, -0.15) is 5.10 Å². The second-order valence-corrected chi connectivity index (χ2v) is 8.39. The molecule has 4 aliphatic rings. The molecule has 7 rings (SSSR count).